The number of fused-ring (bicyclic) bond motifs is 3. The molecule has 0 spiro atoms. The first kappa shape index (κ1) is 25.2. The van der Waals surface area contributed by atoms with Crippen molar-refractivity contribution in [1.29, 1.82) is 0 Å². The average Bonchev–Trinajstić information content (AvgIpc) is 3.13. The van der Waals surface area contributed by atoms with Gasteiger partial charge in [0.15, 0.2) is 0 Å². The van der Waals surface area contributed by atoms with Crippen molar-refractivity contribution in [1.82, 2.24) is 15.5 Å². The Balaban J connectivity index is 1.67. The highest BCUT2D eigenvalue weighted by Gasteiger charge is 2.32. The summed E-state index contributed by atoms with van der Waals surface area (Å²) in [5.41, 5.74) is 4.44. The molecule has 0 radical (unpaired) electrons. The van der Waals surface area contributed by atoms with E-state index in [4.69, 9.17) is 4.74 Å². The molecule has 0 aliphatic heterocycles. The van der Waals surface area contributed by atoms with Crippen LogP contribution in [0.5, 0.6) is 0 Å². The van der Waals surface area contributed by atoms with Crippen molar-refractivity contribution in [2.45, 2.75) is 38.3 Å². The summed E-state index contributed by atoms with van der Waals surface area (Å²) in [6, 6.07) is 14.1. The van der Waals surface area contributed by atoms with Gasteiger partial charge in [-0.05, 0) is 42.3 Å². The van der Waals surface area contributed by atoms with Gasteiger partial charge in [-0.2, -0.15) is 0 Å². The van der Waals surface area contributed by atoms with Crippen LogP contribution in [0.15, 0.2) is 48.5 Å². The predicted octanol–water partition coefficient (Wildman–Crippen LogP) is 3.07. The maximum Gasteiger partial charge on any atom is 0.407 e. The molecule has 0 saturated carbocycles. The first-order chi connectivity index (χ1) is 16.2. The number of nitrogens with zero attached hydrogens (tertiary/aromatic N) is 1. The number of aliphatic carboxylic acids is 1. The van der Waals surface area contributed by atoms with Gasteiger partial charge in [0.05, 0.1) is 0 Å². The number of nitrogens with one attached hydrogen (secondary N) is 2. The highest BCUT2D eigenvalue weighted by Crippen LogP contribution is 2.44. The van der Waals surface area contributed by atoms with Crippen LogP contribution in [0, 0.1) is 5.92 Å². The van der Waals surface area contributed by atoms with Crippen molar-refractivity contribution in [3.63, 3.8) is 0 Å². The Morgan fingerprint density at radius 3 is 2.06 bits per heavy atom. The van der Waals surface area contributed by atoms with Gasteiger partial charge in [-0.15, -0.1) is 0 Å². The summed E-state index contributed by atoms with van der Waals surface area (Å²) in [4.78, 5) is 38.9. The molecular formula is C26H33N3O5. The fourth-order valence-corrected chi connectivity index (χ4v) is 4.28. The third kappa shape index (κ3) is 5.75. The summed E-state index contributed by atoms with van der Waals surface area (Å²) < 4.78 is 5.56. The topological polar surface area (TPSA) is 108 Å². The minimum Gasteiger partial charge on any atom is -0.480 e. The molecule has 3 atom stereocenters. The van der Waals surface area contributed by atoms with E-state index in [-0.39, 0.29) is 25.0 Å². The molecule has 1 aliphatic carbocycles. The van der Waals surface area contributed by atoms with E-state index < -0.39 is 30.1 Å². The number of amides is 2. The third-order valence-electron chi connectivity index (χ3n) is 6.28. The van der Waals surface area contributed by atoms with Gasteiger partial charge in [-0.1, -0.05) is 68.8 Å². The van der Waals surface area contributed by atoms with Gasteiger partial charge < -0.3 is 25.4 Å². The largest absolute Gasteiger partial charge is 0.480 e. The van der Waals surface area contributed by atoms with Crippen LogP contribution in [0.25, 0.3) is 11.1 Å². The summed E-state index contributed by atoms with van der Waals surface area (Å²) in [7, 11) is 3.53. The first-order valence-electron chi connectivity index (χ1n) is 11.5. The number of rotatable bonds is 10. The van der Waals surface area contributed by atoms with Gasteiger partial charge in [-0.25, -0.2) is 9.59 Å². The maximum atomic E-state index is 12.9. The van der Waals surface area contributed by atoms with E-state index in [9.17, 15) is 19.5 Å². The third-order valence-corrected chi connectivity index (χ3v) is 6.28. The zero-order valence-electron chi connectivity index (χ0n) is 20.1. The van der Waals surface area contributed by atoms with Crippen LogP contribution in [0.2, 0.25) is 0 Å². The molecule has 0 bridgehead atoms. The summed E-state index contributed by atoms with van der Waals surface area (Å²) in [5, 5.41) is 14.7. The molecule has 0 aromatic heterocycles. The van der Waals surface area contributed by atoms with Crippen molar-refractivity contribution in [3.05, 3.63) is 59.7 Å². The highest BCUT2D eigenvalue weighted by atomic mass is 16.5. The number of ether oxygens (including phenoxy) is 1. The standard InChI is InChI=1S/C26H33N3O5/c1-5-16(2)23(25(31)32)28-24(30)22(14-29(3)4)27-26(33)34-15-21-19-12-8-6-10-17(19)18-11-7-9-13-20(18)21/h6-13,16,21-23H,5,14-15H2,1-4H3,(H,27,33)(H,28,30)(H,31,32)/t16-,22-,23-/m0/s1. The van der Waals surface area contributed by atoms with Crippen LogP contribution >= 0.6 is 0 Å². The predicted molar refractivity (Wildman–Crippen MR) is 130 cm³/mol. The molecule has 0 heterocycles. The highest BCUT2D eigenvalue weighted by molar-refractivity contribution is 5.89. The fraction of sp³-hybridized carbons (Fsp3) is 0.423. The number of hydrogen-bond donors (Lipinski definition) is 3. The van der Waals surface area contributed by atoms with E-state index in [2.05, 4.69) is 22.8 Å². The Morgan fingerprint density at radius 2 is 1.56 bits per heavy atom. The van der Waals surface area contributed by atoms with E-state index in [0.717, 1.165) is 22.3 Å². The lowest BCUT2D eigenvalue weighted by atomic mass is 9.98. The Morgan fingerprint density at radius 1 is 1.00 bits per heavy atom. The molecule has 1 aliphatic rings. The van der Waals surface area contributed by atoms with Gasteiger partial charge in [0.25, 0.3) is 0 Å². The molecule has 0 saturated heterocycles. The average molecular weight is 468 g/mol. The zero-order chi connectivity index (χ0) is 24.8. The molecule has 8 nitrogen and oxygen atoms in total. The molecule has 0 unspecified atom stereocenters. The second-order valence-corrected chi connectivity index (χ2v) is 8.99. The number of likely N-dealkylation sites (N-methyl/N-ethyl adjacent to an activating group) is 1. The van der Waals surface area contributed by atoms with E-state index in [0.29, 0.717) is 6.42 Å². The van der Waals surface area contributed by atoms with E-state index >= 15 is 0 Å². The molecule has 34 heavy (non-hydrogen) atoms. The number of carboxylic acids is 1. The summed E-state index contributed by atoms with van der Waals surface area (Å²) in [6.07, 6.45) is -0.130. The monoisotopic (exact) mass is 467 g/mol. The fourth-order valence-electron chi connectivity index (χ4n) is 4.28. The Bertz CT molecular complexity index is 993. The number of carbonyl (C=O) groups excluding carboxylic acids is 2. The van der Waals surface area contributed by atoms with Crippen molar-refractivity contribution < 1.29 is 24.2 Å². The lowest BCUT2D eigenvalue weighted by Gasteiger charge is -2.26. The minimum absolute atomic E-state index is 0.0962. The van der Waals surface area contributed by atoms with E-state index in [1.807, 2.05) is 43.3 Å². The van der Waals surface area contributed by atoms with Gasteiger partial charge in [0.1, 0.15) is 18.7 Å². The molecule has 2 aromatic carbocycles. The van der Waals surface area contributed by atoms with Crippen molar-refractivity contribution in [2.75, 3.05) is 27.2 Å². The van der Waals surface area contributed by atoms with Crippen LogP contribution in [0.3, 0.4) is 0 Å². The number of benzene rings is 2. The van der Waals surface area contributed by atoms with Crippen molar-refractivity contribution >= 4 is 18.0 Å². The lowest BCUT2D eigenvalue weighted by Crippen LogP contribution is -2.56. The number of carboxylic acid groups (broad SMARTS) is 1. The number of alkyl carbamates (subject to hydrolysis) is 1. The molecule has 3 rings (SSSR count). The summed E-state index contributed by atoms with van der Waals surface area (Å²) in [5.74, 6) is -2.01. The van der Waals surface area contributed by atoms with Crippen LogP contribution < -0.4 is 10.6 Å². The molecule has 3 N–H and O–H groups in total. The molecule has 0 fully saturated rings. The molecule has 182 valence electrons. The minimum atomic E-state index is -1.10. The molecule has 8 heteroatoms. The molecular weight excluding hydrogens is 434 g/mol. The summed E-state index contributed by atoms with van der Waals surface area (Å²) in [6.45, 7) is 3.95. The SMILES string of the molecule is CC[C@H](C)[C@H](NC(=O)[C@H](CN(C)C)NC(=O)OCC1c2ccccc2-c2ccccc21)C(=O)O. The van der Waals surface area contributed by atoms with Gasteiger partial charge in [0, 0.05) is 12.5 Å². The normalized spacial score (nSPS) is 15.1. The summed E-state index contributed by atoms with van der Waals surface area (Å²) >= 11 is 0. The van der Waals surface area contributed by atoms with E-state index in [1.54, 1.807) is 25.9 Å². The van der Waals surface area contributed by atoms with Gasteiger partial charge in [0.2, 0.25) is 5.91 Å². The Kier molecular flexibility index (Phi) is 8.28. The lowest BCUT2D eigenvalue weighted by molar-refractivity contribution is -0.143. The number of hydrogen-bond acceptors (Lipinski definition) is 5. The van der Waals surface area contributed by atoms with Crippen LogP contribution in [0.4, 0.5) is 4.79 Å². The van der Waals surface area contributed by atoms with Crippen LogP contribution in [0.1, 0.15) is 37.3 Å². The smallest absolute Gasteiger partial charge is 0.407 e. The quantitative estimate of drug-likeness (QED) is 0.496. The Hall–Kier alpha value is -3.39. The van der Waals surface area contributed by atoms with Crippen LogP contribution in [-0.4, -0.2) is 67.3 Å². The zero-order valence-corrected chi connectivity index (χ0v) is 20.1. The van der Waals surface area contributed by atoms with Gasteiger partial charge in [-0.3, -0.25) is 4.79 Å². The van der Waals surface area contributed by atoms with Crippen LogP contribution in [-0.2, 0) is 14.3 Å². The number of carbonyl (C=O) groups is 3. The van der Waals surface area contributed by atoms with Gasteiger partial charge >= 0.3 is 12.1 Å². The van der Waals surface area contributed by atoms with Crippen molar-refractivity contribution in [3.8, 4) is 11.1 Å². The first-order valence-corrected chi connectivity index (χ1v) is 11.5. The second-order valence-electron chi connectivity index (χ2n) is 8.99. The van der Waals surface area contributed by atoms with E-state index in [1.165, 1.54) is 0 Å². The molecule has 2 aromatic rings. The maximum absolute atomic E-state index is 12.9. The molecule has 2 amide bonds. The Labute approximate surface area is 200 Å². The second kappa shape index (κ2) is 11.2. The van der Waals surface area contributed by atoms with Crippen molar-refractivity contribution in [2.24, 2.45) is 5.92 Å².